The lowest BCUT2D eigenvalue weighted by Crippen LogP contribution is -2.39. The van der Waals surface area contributed by atoms with Gasteiger partial charge < -0.3 is 15.5 Å². The van der Waals surface area contributed by atoms with Crippen LogP contribution in [0.4, 0.5) is 17.8 Å². The molecular formula is C14H28N6. The minimum atomic E-state index is 0.276. The molecule has 0 bridgehead atoms. The van der Waals surface area contributed by atoms with Gasteiger partial charge >= 0.3 is 0 Å². The second-order valence-electron chi connectivity index (χ2n) is 5.70. The molecule has 20 heavy (non-hydrogen) atoms. The summed E-state index contributed by atoms with van der Waals surface area (Å²) in [5.41, 5.74) is 5.83. The van der Waals surface area contributed by atoms with Gasteiger partial charge in [-0.1, -0.05) is 27.7 Å². The highest BCUT2D eigenvalue weighted by Gasteiger charge is 2.21. The summed E-state index contributed by atoms with van der Waals surface area (Å²) in [5, 5.41) is 0. The lowest BCUT2D eigenvalue weighted by Gasteiger charge is -2.32. The molecule has 2 N–H and O–H groups in total. The average molecular weight is 280 g/mol. The summed E-state index contributed by atoms with van der Waals surface area (Å²) in [6.07, 6.45) is 2.12. The van der Waals surface area contributed by atoms with E-state index >= 15 is 0 Å². The van der Waals surface area contributed by atoms with E-state index in [2.05, 4.69) is 47.5 Å². The lowest BCUT2D eigenvalue weighted by molar-refractivity contribution is 0.498. The Morgan fingerprint density at radius 1 is 1.00 bits per heavy atom. The van der Waals surface area contributed by atoms with Gasteiger partial charge in [0.1, 0.15) is 0 Å². The molecule has 0 saturated heterocycles. The molecule has 0 aromatic carbocycles. The molecule has 0 atom stereocenters. The fourth-order valence-electron chi connectivity index (χ4n) is 2.21. The van der Waals surface area contributed by atoms with Crippen molar-refractivity contribution in [3.05, 3.63) is 0 Å². The summed E-state index contributed by atoms with van der Waals surface area (Å²) in [7, 11) is 3.81. The van der Waals surface area contributed by atoms with Gasteiger partial charge in [0.25, 0.3) is 0 Å². The normalized spacial score (nSPS) is 11.2. The molecule has 0 aliphatic heterocycles. The Morgan fingerprint density at radius 2 is 1.55 bits per heavy atom. The Labute approximate surface area is 122 Å². The molecule has 114 valence electrons. The topological polar surface area (TPSA) is 71.2 Å². The van der Waals surface area contributed by atoms with Crippen molar-refractivity contribution in [2.75, 3.05) is 36.2 Å². The molecule has 1 aromatic rings. The van der Waals surface area contributed by atoms with E-state index in [4.69, 9.17) is 5.73 Å². The van der Waals surface area contributed by atoms with Gasteiger partial charge in [-0.05, 0) is 18.8 Å². The first kappa shape index (κ1) is 16.5. The van der Waals surface area contributed by atoms with E-state index in [-0.39, 0.29) is 5.95 Å². The number of aromatic nitrogens is 3. The van der Waals surface area contributed by atoms with Gasteiger partial charge in [0.2, 0.25) is 17.8 Å². The Hall–Kier alpha value is -1.59. The zero-order valence-corrected chi connectivity index (χ0v) is 13.6. The van der Waals surface area contributed by atoms with Crippen LogP contribution in [0.15, 0.2) is 0 Å². The summed E-state index contributed by atoms with van der Waals surface area (Å²) < 4.78 is 0. The third-order valence-corrected chi connectivity index (χ3v) is 3.23. The SMILES string of the molecule is CCC(CC)N(CC(C)C)c1nc(N)nc(N(C)C)n1. The number of nitrogen functional groups attached to an aromatic ring is 1. The first-order chi connectivity index (χ1) is 9.38. The monoisotopic (exact) mass is 280 g/mol. The average Bonchev–Trinajstić information content (AvgIpc) is 2.37. The second-order valence-corrected chi connectivity index (χ2v) is 5.70. The summed E-state index contributed by atoms with van der Waals surface area (Å²) in [5.74, 6) is 2.10. The third kappa shape index (κ3) is 4.21. The third-order valence-electron chi connectivity index (χ3n) is 3.23. The molecule has 6 nitrogen and oxygen atoms in total. The first-order valence-electron chi connectivity index (χ1n) is 7.34. The Balaban J connectivity index is 3.18. The van der Waals surface area contributed by atoms with Crippen LogP contribution in [0.3, 0.4) is 0 Å². The Morgan fingerprint density at radius 3 is 2.00 bits per heavy atom. The molecular weight excluding hydrogens is 252 g/mol. The molecule has 0 spiro atoms. The van der Waals surface area contributed by atoms with Crippen molar-refractivity contribution in [2.24, 2.45) is 5.92 Å². The van der Waals surface area contributed by atoms with E-state index in [0.717, 1.165) is 19.4 Å². The number of anilines is 3. The zero-order chi connectivity index (χ0) is 15.3. The van der Waals surface area contributed by atoms with Crippen LogP contribution in [0, 0.1) is 5.92 Å². The lowest BCUT2D eigenvalue weighted by atomic mass is 10.1. The van der Waals surface area contributed by atoms with Crippen LogP contribution < -0.4 is 15.5 Å². The molecule has 6 heteroatoms. The van der Waals surface area contributed by atoms with Crippen molar-refractivity contribution in [1.29, 1.82) is 0 Å². The maximum absolute atomic E-state index is 5.83. The van der Waals surface area contributed by atoms with E-state index in [9.17, 15) is 0 Å². The van der Waals surface area contributed by atoms with Crippen LogP contribution in [-0.4, -0.2) is 41.6 Å². The van der Waals surface area contributed by atoms with E-state index in [1.165, 1.54) is 0 Å². The van der Waals surface area contributed by atoms with Crippen LogP contribution in [0.2, 0.25) is 0 Å². The van der Waals surface area contributed by atoms with E-state index in [1.54, 1.807) is 0 Å². The number of rotatable bonds is 7. The van der Waals surface area contributed by atoms with Crippen LogP contribution in [0.1, 0.15) is 40.5 Å². The largest absolute Gasteiger partial charge is 0.368 e. The number of hydrogen-bond donors (Lipinski definition) is 1. The van der Waals surface area contributed by atoms with Crippen LogP contribution in [0.25, 0.3) is 0 Å². The highest BCUT2D eigenvalue weighted by Crippen LogP contribution is 2.20. The van der Waals surface area contributed by atoms with Crippen LogP contribution in [0.5, 0.6) is 0 Å². The van der Waals surface area contributed by atoms with Crippen molar-refractivity contribution >= 4 is 17.8 Å². The molecule has 0 amide bonds. The number of nitrogens with zero attached hydrogens (tertiary/aromatic N) is 5. The van der Waals surface area contributed by atoms with Gasteiger partial charge in [0.15, 0.2) is 0 Å². The van der Waals surface area contributed by atoms with Crippen molar-refractivity contribution in [3.8, 4) is 0 Å². The zero-order valence-electron chi connectivity index (χ0n) is 13.6. The molecule has 1 rings (SSSR count). The van der Waals surface area contributed by atoms with Crippen molar-refractivity contribution in [2.45, 2.75) is 46.6 Å². The fourth-order valence-corrected chi connectivity index (χ4v) is 2.21. The fraction of sp³-hybridized carbons (Fsp3) is 0.786. The molecule has 0 radical (unpaired) electrons. The molecule has 0 saturated carbocycles. The van der Waals surface area contributed by atoms with E-state index in [1.807, 2.05) is 19.0 Å². The number of nitrogens with two attached hydrogens (primary N) is 1. The standard InChI is InChI=1S/C14H28N6/c1-7-11(8-2)20(9-10(3)4)14-17-12(15)16-13(18-14)19(5)6/h10-11H,7-9H2,1-6H3,(H2,15,16,17,18). The van der Waals surface area contributed by atoms with Crippen molar-refractivity contribution < 1.29 is 0 Å². The van der Waals surface area contributed by atoms with Gasteiger partial charge in [-0.15, -0.1) is 0 Å². The molecule has 0 aliphatic carbocycles. The van der Waals surface area contributed by atoms with Gasteiger partial charge in [-0.25, -0.2) is 0 Å². The number of hydrogen-bond acceptors (Lipinski definition) is 6. The second kappa shape index (κ2) is 7.26. The summed E-state index contributed by atoms with van der Waals surface area (Å²) >= 11 is 0. The first-order valence-corrected chi connectivity index (χ1v) is 7.34. The van der Waals surface area contributed by atoms with Crippen molar-refractivity contribution in [1.82, 2.24) is 15.0 Å². The Kier molecular flexibility index (Phi) is 5.98. The van der Waals surface area contributed by atoms with Gasteiger partial charge in [-0.3, -0.25) is 0 Å². The Bertz CT molecular complexity index is 414. The predicted octanol–water partition coefficient (Wildman–Crippen LogP) is 2.17. The summed E-state index contributed by atoms with van der Waals surface area (Å²) in [6.45, 7) is 9.71. The highest BCUT2D eigenvalue weighted by atomic mass is 15.3. The molecule has 1 heterocycles. The van der Waals surface area contributed by atoms with E-state index < -0.39 is 0 Å². The highest BCUT2D eigenvalue weighted by molar-refractivity contribution is 5.43. The molecule has 0 aliphatic rings. The summed E-state index contributed by atoms with van der Waals surface area (Å²) in [4.78, 5) is 17.2. The van der Waals surface area contributed by atoms with Crippen LogP contribution in [-0.2, 0) is 0 Å². The minimum absolute atomic E-state index is 0.276. The van der Waals surface area contributed by atoms with Crippen LogP contribution >= 0.6 is 0 Å². The maximum atomic E-state index is 5.83. The van der Waals surface area contributed by atoms with E-state index in [0.29, 0.717) is 23.9 Å². The van der Waals surface area contributed by atoms with Gasteiger partial charge in [-0.2, -0.15) is 15.0 Å². The quantitative estimate of drug-likeness (QED) is 0.825. The predicted molar refractivity (Wildman–Crippen MR) is 85.1 cm³/mol. The molecule has 0 unspecified atom stereocenters. The molecule has 0 fully saturated rings. The minimum Gasteiger partial charge on any atom is -0.368 e. The summed E-state index contributed by atoms with van der Waals surface area (Å²) in [6, 6.07) is 0.425. The van der Waals surface area contributed by atoms with Gasteiger partial charge in [0, 0.05) is 26.7 Å². The molecule has 1 aromatic heterocycles. The smallest absolute Gasteiger partial charge is 0.232 e. The van der Waals surface area contributed by atoms with Crippen molar-refractivity contribution in [3.63, 3.8) is 0 Å². The van der Waals surface area contributed by atoms with Gasteiger partial charge in [0.05, 0.1) is 0 Å². The maximum Gasteiger partial charge on any atom is 0.232 e.